The molecule has 1 aromatic rings. The Hall–Kier alpha value is -1.06. The Kier molecular flexibility index (Phi) is 11.2. The fraction of sp³-hybridized carbons (Fsp3) is 0.786. The highest BCUT2D eigenvalue weighted by Crippen LogP contribution is 2.34. The van der Waals surface area contributed by atoms with E-state index in [0.717, 1.165) is 43.0 Å². The minimum atomic E-state index is -0.219. The standard InChI is InChI=1S/C28H46O3/c1-3-5-6-7-10-25-21-30-28(31-22-25)26-16-18-27(19-17-26)29-20-8-11-24-14-12-23(9-4-2)13-15-24/h16-19,23-25,28H,3-15,20-22H2,1-2H3. The Morgan fingerprint density at radius 3 is 2.00 bits per heavy atom. The molecular weight excluding hydrogens is 384 g/mol. The van der Waals surface area contributed by atoms with Gasteiger partial charge < -0.3 is 14.2 Å². The van der Waals surface area contributed by atoms with Crippen molar-refractivity contribution in [1.82, 2.24) is 0 Å². The lowest BCUT2D eigenvalue weighted by Gasteiger charge is -2.29. The molecule has 0 spiro atoms. The highest BCUT2D eigenvalue weighted by Gasteiger charge is 2.23. The third-order valence-corrected chi connectivity index (χ3v) is 7.27. The summed E-state index contributed by atoms with van der Waals surface area (Å²) in [5, 5.41) is 0. The van der Waals surface area contributed by atoms with Gasteiger partial charge in [-0.3, -0.25) is 0 Å². The molecule has 176 valence electrons. The van der Waals surface area contributed by atoms with Gasteiger partial charge in [-0.1, -0.05) is 90.2 Å². The molecular formula is C28H46O3. The zero-order valence-electron chi connectivity index (χ0n) is 20.2. The maximum Gasteiger partial charge on any atom is 0.183 e. The van der Waals surface area contributed by atoms with Gasteiger partial charge in [0.1, 0.15) is 5.75 Å². The monoisotopic (exact) mass is 430 g/mol. The second-order valence-electron chi connectivity index (χ2n) is 9.95. The molecule has 3 heteroatoms. The van der Waals surface area contributed by atoms with Crippen molar-refractivity contribution in [3.05, 3.63) is 29.8 Å². The lowest BCUT2D eigenvalue weighted by atomic mass is 9.78. The molecule has 2 aliphatic rings. The zero-order chi connectivity index (χ0) is 21.7. The van der Waals surface area contributed by atoms with Gasteiger partial charge in [-0.25, -0.2) is 0 Å². The van der Waals surface area contributed by atoms with E-state index in [-0.39, 0.29) is 6.29 Å². The predicted octanol–water partition coefficient (Wildman–Crippen LogP) is 8.08. The number of hydrogen-bond acceptors (Lipinski definition) is 3. The van der Waals surface area contributed by atoms with Crippen LogP contribution in [0.25, 0.3) is 0 Å². The second kappa shape index (κ2) is 14.2. The van der Waals surface area contributed by atoms with Gasteiger partial charge >= 0.3 is 0 Å². The third-order valence-electron chi connectivity index (χ3n) is 7.27. The quantitative estimate of drug-likeness (QED) is 0.296. The van der Waals surface area contributed by atoms with E-state index in [4.69, 9.17) is 14.2 Å². The minimum Gasteiger partial charge on any atom is -0.494 e. The van der Waals surface area contributed by atoms with E-state index in [1.54, 1.807) is 0 Å². The van der Waals surface area contributed by atoms with Crippen LogP contribution in [0.3, 0.4) is 0 Å². The minimum absolute atomic E-state index is 0.219. The summed E-state index contributed by atoms with van der Waals surface area (Å²) in [4.78, 5) is 0. The molecule has 1 heterocycles. The van der Waals surface area contributed by atoms with Crippen LogP contribution >= 0.6 is 0 Å². The SMILES string of the molecule is CCCCCCC1COC(c2ccc(OCCCC3CCC(CCC)CC3)cc2)OC1. The Morgan fingerprint density at radius 2 is 1.35 bits per heavy atom. The first-order chi connectivity index (χ1) is 15.3. The van der Waals surface area contributed by atoms with E-state index < -0.39 is 0 Å². The van der Waals surface area contributed by atoms with Gasteiger partial charge in [-0.15, -0.1) is 0 Å². The van der Waals surface area contributed by atoms with Crippen molar-refractivity contribution in [2.75, 3.05) is 19.8 Å². The van der Waals surface area contributed by atoms with Gasteiger partial charge in [-0.05, 0) is 43.2 Å². The summed E-state index contributed by atoms with van der Waals surface area (Å²) in [6, 6.07) is 8.32. The van der Waals surface area contributed by atoms with Crippen molar-refractivity contribution in [3.8, 4) is 5.75 Å². The Labute approximate surface area is 191 Å². The number of hydrogen-bond donors (Lipinski definition) is 0. The molecule has 31 heavy (non-hydrogen) atoms. The van der Waals surface area contributed by atoms with Gasteiger partial charge in [0.25, 0.3) is 0 Å². The molecule has 0 bridgehead atoms. The molecule has 1 saturated heterocycles. The Bertz CT molecular complexity index is 568. The average molecular weight is 431 g/mol. The molecule has 0 atom stereocenters. The van der Waals surface area contributed by atoms with E-state index in [1.165, 1.54) is 83.5 Å². The summed E-state index contributed by atoms with van der Waals surface area (Å²) in [6.07, 6.45) is 17.3. The molecule has 0 unspecified atom stereocenters. The Morgan fingerprint density at radius 1 is 0.710 bits per heavy atom. The number of ether oxygens (including phenoxy) is 3. The molecule has 0 radical (unpaired) electrons. The van der Waals surface area contributed by atoms with Gasteiger partial charge in [0, 0.05) is 11.5 Å². The fourth-order valence-corrected chi connectivity index (χ4v) is 5.26. The summed E-state index contributed by atoms with van der Waals surface area (Å²) in [5.74, 6) is 3.44. The van der Waals surface area contributed by atoms with Crippen LogP contribution in [0.5, 0.6) is 5.75 Å². The first kappa shape index (κ1) is 24.6. The maximum absolute atomic E-state index is 6.00. The highest BCUT2D eigenvalue weighted by molar-refractivity contribution is 5.28. The van der Waals surface area contributed by atoms with Gasteiger partial charge in [0.15, 0.2) is 6.29 Å². The van der Waals surface area contributed by atoms with Crippen molar-refractivity contribution >= 4 is 0 Å². The molecule has 1 aliphatic carbocycles. The lowest BCUT2D eigenvalue weighted by Crippen LogP contribution is -2.27. The number of unbranched alkanes of at least 4 members (excludes halogenated alkanes) is 3. The van der Waals surface area contributed by atoms with Crippen LogP contribution in [0, 0.1) is 17.8 Å². The van der Waals surface area contributed by atoms with Crippen LogP contribution in [0.2, 0.25) is 0 Å². The second-order valence-corrected chi connectivity index (χ2v) is 9.95. The molecule has 3 nitrogen and oxygen atoms in total. The number of benzene rings is 1. The third kappa shape index (κ3) is 8.77. The fourth-order valence-electron chi connectivity index (χ4n) is 5.26. The van der Waals surface area contributed by atoms with Crippen molar-refractivity contribution < 1.29 is 14.2 Å². The van der Waals surface area contributed by atoms with E-state index in [2.05, 4.69) is 38.1 Å². The summed E-state index contributed by atoms with van der Waals surface area (Å²) >= 11 is 0. The zero-order valence-corrected chi connectivity index (χ0v) is 20.2. The Balaban J connectivity index is 1.28. The van der Waals surface area contributed by atoms with E-state index in [1.807, 2.05) is 0 Å². The van der Waals surface area contributed by atoms with Crippen LogP contribution in [-0.2, 0) is 9.47 Å². The van der Waals surface area contributed by atoms with Crippen molar-refractivity contribution in [2.45, 2.75) is 104 Å². The van der Waals surface area contributed by atoms with Crippen molar-refractivity contribution in [1.29, 1.82) is 0 Å². The van der Waals surface area contributed by atoms with Crippen molar-refractivity contribution in [3.63, 3.8) is 0 Å². The van der Waals surface area contributed by atoms with Crippen LogP contribution in [-0.4, -0.2) is 19.8 Å². The van der Waals surface area contributed by atoms with Crippen LogP contribution in [0.4, 0.5) is 0 Å². The summed E-state index contributed by atoms with van der Waals surface area (Å²) in [5.41, 5.74) is 1.10. The molecule has 1 saturated carbocycles. The first-order valence-electron chi connectivity index (χ1n) is 13.2. The summed E-state index contributed by atoms with van der Waals surface area (Å²) in [6.45, 7) is 7.03. The van der Waals surface area contributed by atoms with E-state index in [9.17, 15) is 0 Å². The highest BCUT2D eigenvalue weighted by atomic mass is 16.7. The molecule has 1 aliphatic heterocycles. The van der Waals surface area contributed by atoms with Crippen molar-refractivity contribution in [2.24, 2.45) is 17.8 Å². The van der Waals surface area contributed by atoms with Crippen LogP contribution in [0.15, 0.2) is 24.3 Å². The molecule has 0 N–H and O–H groups in total. The van der Waals surface area contributed by atoms with E-state index in [0.29, 0.717) is 5.92 Å². The molecule has 0 amide bonds. The first-order valence-corrected chi connectivity index (χ1v) is 13.2. The average Bonchev–Trinajstić information content (AvgIpc) is 2.82. The van der Waals surface area contributed by atoms with Crippen LogP contribution in [0.1, 0.15) is 109 Å². The largest absolute Gasteiger partial charge is 0.494 e. The van der Waals surface area contributed by atoms with Gasteiger partial charge in [0.05, 0.1) is 19.8 Å². The predicted molar refractivity (Wildman–Crippen MR) is 128 cm³/mol. The van der Waals surface area contributed by atoms with Gasteiger partial charge in [-0.2, -0.15) is 0 Å². The molecule has 1 aromatic carbocycles. The normalized spacial score (nSPS) is 26.6. The topological polar surface area (TPSA) is 27.7 Å². The van der Waals surface area contributed by atoms with Gasteiger partial charge in [0.2, 0.25) is 0 Å². The summed E-state index contributed by atoms with van der Waals surface area (Å²) < 4.78 is 18.0. The smallest absolute Gasteiger partial charge is 0.183 e. The summed E-state index contributed by atoms with van der Waals surface area (Å²) in [7, 11) is 0. The molecule has 2 fully saturated rings. The maximum atomic E-state index is 6.00. The number of rotatable bonds is 13. The lowest BCUT2D eigenvalue weighted by molar-refractivity contribution is -0.206. The van der Waals surface area contributed by atoms with Crippen LogP contribution < -0.4 is 4.74 Å². The van der Waals surface area contributed by atoms with E-state index >= 15 is 0 Å². The molecule has 3 rings (SSSR count). The molecule has 0 aromatic heterocycles.